The standard InChI is InChI=1S/C11H11NO3/c1-6(13)5-8-3-4-9-11(10(8)14)15-7(2)12-9/h3-4,14H,5H2,1-2H3. The van der Waals surface area contributed by atoms with Crippen molar-refractivity contribution in [2.24, 2.45) is 0 Å². The first kappa shape index (κ1) is 9.71. The SMILES string of the molecule is CC(=O)Cc1ccc2nc(C)oc2c1O. The summed E-state index contributed by atoms with van der Waals surface area (Å²) in [7, 11) is 0. The number of fused-ring (bicyclic) bond motifs is 1. The van der Waals surface area contributed by atoms with Crippen molar-refractivity contribution < 1.29 is 14.3 Å². The van der Waals surface area contributed by atoms with Crippen molar-refractivity contribution in [3.8, 4) is 5.75 Å². The van der Waals surface area contributed by atoms with Crippen molar-refractivity contribution in [1.29, 1.82) is 0 Å². The predicted octanol–water partition coefficient (Wildman–Crippen LogP) is 1.97. The first-order valence-electron chi connectivity index (χ1n) is 4.65. The van der Waals surface area contributed by atoms with Gasteiger partial charge in [0, 0.05) is 18.9 Å². The fourth-order valence-corrected chi connectivity index (χ4v) is 1.54. The third-order valence-corrected chi connectivity index (χ3v) is 2.16. The number of oxazole rings is 1. The third-order valence-electron chi connectivity index (χ3n) is 2.16. The predicted molar refractivity (Wildman–Crippen MR) is 54.8 cm³/mol. The lowest BCUT2D eigenvalue weighted by atomic mass is 10.1. The second kappa shape index (κ2) is 3.38. The summed E-state index contributed by atoms with van der Waals surface area (Å²) in [5, 5.41) is 9.83. The van der Waals surface area contributed by atoms with Crippen molar-refractivity contribution in [2.45, 2.75) is 20.3 Å². The summed E-state index contributed by atoms with van der Waals surface area (Å²) < 4.78 is 5.25. The van der Waals surface area contributed by atoms with E-state index in [9.17, 15) is 9.90 Å². The zero-order valence-electron chi connectivity index (χ0n) is 8.57. The number of aromatic nitrogens is 1. The minimum absolute atomic E-state index is 0.000822. The highest BCUT2D eigenvalue weighted by Crippen LogP contribution is 2.29. The number of phenolic OH excluding ortho intramolecular Hbond substituents is 1. The number of hydrogen-bond acceptors (Lipinski definition) is 4. The molecule has 0 unspecified atom stereocenters. The summed E-state index contributed by atoms with van der Waals surface area (Å²) in [4.78, 5) is 15.0. The molecule has 0 radical (unpaired) electrons. The van der Waals surface area contributed by atoms with Crippen molar-refractivity contribution in [1.82, 2.24) is 4.98 Å². The second-order valence-electron chi connectivity index (χ2n) is 3.53. The zero-order chi connectivity index (χ0) is 11.0. The maximum Gasteiger partial charge on any atom is 0.196 e. The van der Waals surface area contributed by atoms with Gasteiger partial charge in [-0.1, -0.05) is 6.07 Å². The molecule has 0 atom stereocenters. The Labute approximate surface area is 86.5 Å². The van der Waals surface area contributed by atoms with Crippen LogP contribution in [0.3, 0.4) is 0 Å². The van der Waals surface area contributed by atoms with E-state index >= 15 is 0 Å². The Bertz CT molecular complexity index is 528. The van der Waals surface area contributed by atoms with Crippen LogP contribution >= 0.6 is 0 Å². The van der Waals surface area contributed by atoms with Gasteiger partial charge in [-0.25, -0.2) is 4.98 Å². The molecule has 0 saturated heterocycles. The van der Waals surface area contributed by atoms with Crippen LogP contribution in [-0.2, 0) is 11.2 Å². The molecule has 0 fully saturated rings. The van der Waals surface area contributed by atoms with Gasteiger partial charge < -0.3 is 9.52 Å². The van der Waals surface area contributed by atoms with Crippen molar-refractivity contribution in [3.05, 3.63) is 23.6 Å². The molecule has 1 aromatic carbocycles. The van der Waals surface area contributed by atoms with Crippen LogP contribution in [0.1, 0.15) is 18.4 Å². The van der Waals surface area contributed by atoms with E-state index in [4.69, 9.17) is 4.42 Å². The van der Waals surface area contributed by atoms with E-state index in [1.54, 1.807) is 19.1 Å². The first-order chi connectivity index (χ1) is 7.08. The van der Waals surface area contributed by atoms with E-state index in [0.717, 1.165) is 0 Å². The summed E-state index contributed by atoms with van der Waals surface area (Å²) in [6, 6.07) is 3.44. The van der Waals surface area contributed by atoms with Crippen molar-refractivity contribution >= 4 is 16.9 Å². The molecule has 78 valence electrons. The average Bonchev–Trinajstić information content (AvgIpc) is 2.51. The molecule has 1 heterocycles. The molecule has 0 spiro atoms. The molecule has 15 heavy (non-hydrogen) atoms. The Kier molecular flexibility index (Phi) is 2.19. The molecule has 1 aromatic heterocycles. The number of hydrogen-bond donors (Lipinski definition) is 1. The van der Waals surface area contributed by atoms with Gasteiger partial charge in [0.2, 0.25) is 0 Å². The molecule has 0 bridgehead atoms. The van der Waals surface area contributed by atoms with Crippen LogP contribution in [0, 0.1) is 6.92 Å². The van der Waals surface area contributed by atoms with E-state index in [0.29, 0.717) is 22.6 Å². The summed E-state index contributed by atoms with van der Waals surface area (Å²) >= 11 is 0. The van der Waals surface area contributed by atoms with E-state index in [-0.39, 0.29) is 18.0 Å². The Morgan fingerprint density at radius 3 is 2.93 bits per heavy atom. The molecular weight excluding hydrogens is 194 g/mol. The van der Waals surface area contributed by atoms with Gasteiger partial charge >= 0.3 is 0 Å². The number of phenols is 1. The summed E-state index contributed by atoms with van der Waals surface area (Å²) in [6.07, 6.45) is 0.210. The molecule has 0 aliphatic rings. The number of carbonyl (C=O) groups excluding carboxylic acids is 1. The maximum absolute atomic E-state index is 10.9. The third kappa shape index (κ3) is 1.70. The molecule has 0 amide bonds. The Morgan fingerprint density at radius 1 is 1.53 bits per heavy atom. The fraction of sp³-hybridized carbons (Fsp3) is 0.273. The molecule has 0 aliphatic carbocycles. The molecule has 2 aromatic rings. The van der Waals surface area contributed by atoms with Crippen LogP contribution in [0.25, 0.3) is 11.1 Å². The highest BCUT2D eigenvalue weighted by atomic mass is 16.4. The highest BCUT2D eigenvalue weighted by molar-refractivity contribution is 5.85. The molecular formula is C11H11NO3. The average molecular weight is 205 g/mol. The topological polar surface area (TPSA) is 63.3 Å². The first-order valence-corrected chi connectivity index (χ1v) is 4.65. The lowest BCUT2D eigenvalue weighted by Gasteiger charge is -2.01. The van der Waals surface area contributed by atoms with Crippen LogP contribution < -0.4 is 0 Å². The van der Waals surface area contributed by atoms with Crippen LogP contribution in [0.4, 0.5) is 0 Å². The van der Waals surface area contributed by atoms with Crippen LogP contribution in [0.5, 0.6) is 5.75 Å². The summed E-state index contributed by atoms with van der Waals surface area (Å²) in [6.45, 7) is 3.19. The Morgan fingerprint density at radius 2 is 2.27 bits per heavy atom. The molecule has 4 nitrogen and oxygen atoms in total. The van der Waals surface area contributed by atoms with Gasteiger partial charge in [0.1, 0.15) is 11.3 Å². The van der Waals surface area contributed by atoms with Gasteiger partial charge in [0.15, 0.2) is 17.2 Å². The minimum Gasteiger partial charge on any atom is -0.504 e. The van der Waals surface area contributed by atoms with E-state index in [1.807, 2.05) is 0 Å². The fourth-order valence-electron chi connectivity index (χ4n) is 1.54. The number of Topliss-reactive ketones (excluding diaryl/α,β-unsaturated/α-hetero) is 1. The number of aryl methyl sites for hydroxylation is 1. The molecule has 4 heteroatoms. The molecule has 0 aliphatic heterocycles. The van der Waals surface area contributed by atoms with E-state index < -0.39 is 0 Å². The summed E-state index contributed by atoms with van der Waals surface area (Å²) in [5.41, 5.74) is 1.54. The number of nitrogens with zero attached hydrogens (tertiary/aromatic N) is 1. The molecule has 0 saturated carbocycles. The molecule has 1 N–H and O–H groups in total. The Balaban J connectivity index is 2.58. The second-order valence-corrected chi connectivity index (χ2v) is 3.53. The lowest BCUT2D eigenvalue weighted by molar-refractivity contribution is -0.116. The van der Waals surface area contributed by atoms with Gasteiger partial charge in [-0.2, -0.15) is 0 Å². The van der Waals surface area contributed by atoms with Gasteiger partial charge in [0.25, 0.3) is 0 Å². The minimum atomic E-state index is 0.000822. The lowest BCUT2D eigenvalue weighted by Crippen LogP contribution is -1.96. The summed E-state index contributed by atoms with van der Waals surface area (Å²) in [5.74, 6) is 0.518. The number of ketones is 1. The normalized spacial score (nSPS) is 10.8. The van der Waals surface area contributed by atoms with Gasteiger partial charge in [0.05, 0.1) is 0 Å². The highest BCUT2D eigenvalue weighted by Gasteiger charge is 2.12. The smallest absolute Gasteiger partial charge is 0.196 e. The molecule has 2 rings (SSSR count). The van der Waals surface area contributed by atoms with Crippen LogP contribution in [0.15, 0.2) is 16.5 Å². The largest absolute Gasteiger partial charge is 0.504 e. The van der Waals surface area contributed by atoms with E-state index in [2.05, 4.69) is 4.98 Å². The van der Waals surface area contributed by atoms with Gasteiger partial charge in [-0.15, -0.1) is 0 Å². The number of rotatable bonds is 2. The van der Waals surface area contributed by atoms with Gasteiger partial charge in [-0.3, -0.25) is 4.79 Å². The number of aromatic hydroxyl groups is 1. The monoisotopic (exact) mass is 205 g/mol. The van der Waals surface area contributed by atoms with Crippen LogP contribution in [-0.4, -0.2) is 15.9 Å². The number of carbonyl (C=O) groups is 1. The Hall–Kier alpha value is -1.84. The zero-order valence-corrected chi connectivity index (χ0v) is 8.57. The van der Waals surface area contributed by atoms with Crippen LogP contribution in [0.2, 0.25) is 0 Å². The number of benzene rings is 1. The van der Waals surface area contributed by atoms with Crippen molar-refractivity contribution in [3.63, 3.8) is 0 Å². The van der Waals surface area contributed by atoms with Crippen molar-refractivity contribution in [2.75, 3.05) is 0 Å². The van der Waals surface area contributed by atoms with E-state index in [1.165, 1.54) is 6.92 Å². The maximum atomic E-state index is 10.9. The quantitative estimate of drug-likeness (QED) is 0.814. The van der Waals surface area contributed by atoms with Gasteiger partial charge in [-0.05, 0) is 13.0 Å².